The number of hydrogen-bond acceptors (Lipinski definition) is 4. The van der Waals surface area contributed by atoms with Gasteiger partial charge in [-0.25, -0.2) is 0 Å². The molecule has 5 heteroatoms. The van der Waals surface area contributed by atoms with Crippen LogP contribution < -0.4 is 11.1 Å². The van der Waals surface area contributed by atoms with Crippen LogP contribution in [0.5, 0.6) is 0 Å². The van der Waals surface area contributed by atoms with Crippen molar-refractivity contribution < 1.29 is 8.85 Å². The van der Waals surface area contributed by atoms with Gasteiger partial charge in [0.1, 0.15) is 0 Å². The van der Waals surface area contributed by atoms with Crippen LogP contribution in [0, 0.1) is 0 Å². The Labute approximate surface area is 81.3 Å². The highest BCUT2D eigenvalue weighted by atomic mass is 28.4. The fourth-order valence-corrected chi connectivity index (χ4v) is 2.41. The Hall–Kier alpha value is -0.203. The Morgan fingerprint density at radius 3 is 2.46 bits per heavy atom. The maximum absolute atomic E-state index is 5.36. The summed E-state index contributed by atoms with van der Waals surface area (Å²) in [5, 5.41) is 3.24. The van der Waals surface area contributed by atoms with E-state index in [4.69, 9.17) is 14.6 Å². The molecule has 0 radical (unpaired) electrons. The van der Waals surface area contributed by atoms with Gasteiger partial charge in [-0.15, -0.1) is 6.58 Å². The first-order valence-corrected chi connectivity index (χ1v) is 6.49. The third-order valence-electron chi connectivity index (χ3n) is 1.93. The zero-order chi connectivity index (χ0) is 10.2. The Morgan fingerprint density at radius 2 is 2.08 bits per heavy atom. The van der Waals surface area contributed by atoms with E-state index in [2.05, 4.69) is 11.9 Å². The van der Waals surface area contributed by atoms with Crippen molar-refractivity contribution in [2.75, 3.05) is 33.5 Å². The zero-order valence-corrected chi connectivity index (χ0v) is 9.51. The second-order valence-corrected chi connectivity index (χ2v) is 5.95. The summed E-state index contributed by atoms with van der Waals surface area (Å²) in [6, 6.07) is 0. The predicted octanol–water partition coefficient (Wildman–Crippen LogP) is -0.0758. The van der Waals surface area contributed by atoms with Gasteiger partial charge in [0.15, 0.2) is 0 Å². The summed E-state index contributed by atoms with van der Waals surface area (Å²) in [5.74, 6) is 0. The van der Waals surface area contributed by atoms with Gasteiger partial charge in [-0.05, 0) is 25.2 Å². The van der Waals surface area contributed by atoms with Gasteiger partial charge in [0.05, 0.1) is 0 Å². The van der Waals surface area contributed by atoms with Crippen LogP contribution in [0.15, 0.2) is 12.3 Å². The molecule has 0 aromatic heterocycles. The van der Waals surface area contributed by atoms with Crippen LogP contribution in [-0.2, 0) is 8.85 Å². The molecule has 0 unspecified atom stereocenters. The van der Waals surface area contributed by atoms with Crippen LogP contribution in [-0.4, -0.2) is 42.0 Å². The molecule has 0 aliphatic heterocycles. The maximum Gasteiger partial charge on any atom is 0.378 e. The summed E-state index contributed by atoms with van der Waals surface area (Å²) < 4.78 is 10.6. The van der Waals surface area contributed by atoms with E-state index < -0.39 is 8.56 Å². The fourth-order valence-electron chi connectivity index (χ4n) is 0.956. The van der Waals surface area contributed by atoms with Gasteiger partial charge < -0.3 is 19.9 Å². The lowest BCUT2D eigenvalue weighted by atomic mass is 10.4. The Balaban J connectivity index is 3.75. The van der Waals surface area contributed by atoms with E-state index >= 15 is 0 Å². The molecule has 78 valence electrons. The van der Waals surface area contributed by atoms with Crippen molar-refractivity contribution in [3.63, 3.8) is 0 Å². The second kappa shape index (κ2) is 7.22. The van der Waals surface area contributed by atoms with Crippen LogP contribution in [0.4, 0.5) is 0 Å². The highest BCUT2D eigenvalue weighted by Crippen LogP contribution is 2.03. The minimum atomic E-state index is -2.16. The van der Waals surface area contributed by atoms with Gasteiger partial charge in [0, 0.05) is 20.4 Å². The Morgan fingerprint density at radius 1 is 1.46 bits per heavy atom. The summed E-state index contributed by atoms with van der Waals surface area (Å²) in [4.78, 5) is 0. The van der Waals surface area contributed by atoms with Crippen molar-refractivity contribution in [2.24, 2.45) is 5.73 Å². The number of hydrogen-bond donors (Lipinski definition) is 2. The predicted molar refractivity (Wildman–Crippen MR) is 56.5 cm³/mol. The number of nitrogens with one attached hydrogen (secondary N) is 1. The SMILES string of the molecule is C=C[Si](CNCCCN)(OC)OC. The third kappa shape index (κ3) is 4.54. The lowest BCUT2D eigenvalue weighted by molar-refractivity contribution is 0.253. The van der Waals surface area contributed by atoms with Crippen LogP contribution in [0.3, 0.4) is 0 Å². The molecule has 0 atom stereocenters. The molecule has 0 aromatic carbocycles. The lowest BCUT2D eigenvalue weighted by Gasteiger charge is -2.23. The van der Waals surface area contributed by atoms with Crippen molar-refractivity contribution in [2.45, 2.75) is 6.42 Å². The van der Waals surface area contributed by atoms with E-state index in [0.29, 0.717) is 6.54 Å². The summed E-state index contributed by atoms with van der Waals surface area (Å²) in [5.41, 5.74) is 7.14. The monoisotopic (exact) mass is 204 g/mol. The molecule has 0 spiro atoms. The molecule has 0 saturated carbocycles. The third-order valence-corrected chi connectivity index (χ3v) is 4.68. The van der Waals surface area contributed by atoms with Crippen LogP contribution in [0.1, 0.15) is 6.42 Å². The maximum atomic E-state index is 5.36. The number of rotatable bonds is 8. The van der Waals surface area contributed by atoms with Gasteiger partial charge in [-0.3, -0.25) is 0 Å². The van der Waals surface area contributed by atoms with Crippen LogP contribution in [0.25, 0.3) is 0 Å². The fraction of sp³-hybridized carbons (Fsp3) is 0.750. The lowest BCUT2D eigenvalue weighted by Crippen LogP contribution is -2.48. The van der Waals surface area contributed by atoms with Crippen LogP contribution in [0.2, 0.25) is 0 Å². The first-order valence-electron chi connectivity index (χ1n) is 4.39. The molecule has 0 aromatic rings. The van der Waals surface area contributed by atoms with E-state index in [-0.39, 0.29) is 0 Å². The number of nitrogens with two attached hydrogens (primary N) is 1. The molecule has 3 N–H and O–H groups in total. The van der Waals surface area contributed by atoms with E-state index in [0.717, 1.165) is 19.1 Å². The van der Waals surface area contributed by atoms with Crippen molar-refractivity contribution in [1.82, 2.24) is 5.32 Å². The summed E-state index contributed by atoms with van der Waals surface area (Å²) in [6.07, 6.45) is 1.69. The molecular formula is C8H20N2O2Si. The Kier molecular flexibility index (Phi) is 7.11. The largest absolute Gasteiger partial charge is 0.394 e. The molecule has 0 saturated heterocycles. The zero-order valence-electron chi connectivity index (χ0n) is 8.51. The molecular weight excluding hydrogens is 184 g/mol. The van der Waals surface area contributed by atoms with Gasteiger partial charge in [0.25, 0.3) is 0 Å². The standard InChI is InChI=1S/C8H20N2O2Si/c1-4-13(11-2,12-3)8-10-7-5-6-9/h4,10H,1,5-9H2,2-3H3. The van der Waals surface area contributed by atoms with Crippen LogP contribution >= 0.6 is 0 Å². The van der Waals surface area contributed by atoms with Gasteiger partial charge in [-0.1, -0.05) is 0 Å². The van der Waals surface area contributed by atoms with Gasteiger partial charge >= 0.3 is 8.56 Å². The summed E-state index contributed by atoms with van der Waals surface area (Å²) >= 11 is 0. The van der Waals surface area contributed by atoms with E-state index in [1.54, 1.807) is 19.9 Å². The quantitative estimate of drug-likeness (QED) is 0.429. The second-order valence-electron chi connectivity index (χ2n) is 2.74. The summed E-state index contributed by atoms with van der Waals surface area (Å²) in [7, 11) is 1.15. The molecule has 0 bridgehead atoms. The Bertz CT molecular complexity index is 140. The van der Waals surface area contributed by atoms with Gasteiger partial charge in [0.2, 0.25) is 0 Å². The minimum Gasteiger partial charge on any atom is -0.394 e. The molecule has 4 nitrogen and oxygen atoms in total. The molecule has 13 heavy (non-hydrogen) atoms. The minimum absolute atomic E-state index is 0.704. The highest BCUT2D eigenvalue weighted by Gasteiger charge is 2.30. The average molecular weight is 204 g/mol. The normalized spacial score (nSPS) is 11.6. The van der Waals surface area contributed by atoms with E-state index in [1.165, 1.54) is 0 Å². The molecule has 0 aliphatic rings. The van der Waals surface area contributed by atoms with Crippen molar-refractivity contribution in [1.29, 1.82) is 0 Å². The van der Waals surface area contributed by atoms with Crippen molar-refractivity contribution in [3.8, 4) is 0 Å². The molecule has 0 fully saturated rings. The smallest absolute Gasteiger partial charge is 0.378 e. The first kappa shape index (κ1) is 12.8. The van der Waals surface area contributed by atoms with Crippen molar-refractivity contribution >= 4 is 8.56 Å². The summed E-state index contributed by atoms with van der Waals surface area (Å²) in [6.45, 7) is 5.32. The highest BCUT2D eigenvalue weighted by molar-refractivity contribution is 6.72. The van der Waals surface area contributed by atoms with Crippen molar-refractivity contribution in [3.05, 3.63) is 12.3 Å². The van der Waals surface area contributed by atoms with E-state index in [9.17, 15) is 0 Å². The molecule has 0 heterocycles. The van der Waals surface area contributed by atoms with E-state index in [1.807, 2.05) is 0 Å². The molecule has 0 amide bonds. The first-order chi connectivity index (χ1) is 6.24. The molecule has 0 aliphatic carbocycles. The average Bonchev–Trinajstić information content (AvgIpc) is 2.20. The topological polar surface area (TPSA) is 56.5 Å². The molecule has 0 rings (SSSR count). The van der Waals surface area contributed by atoms with Gasteiger partial charge in [-0.2, -0.15) is 0 Å².